The highest BCUT2D eigenvalue weighted by molar-refractivity contribution is 5.70. The summed E-state index contributed by atoms with van der Waals surface area (Å²) >= 11 is 0. The van der Waals surface area contributed by atoms with Gasteiger partial charge in [-0.1, -0.05) is 0 Å². The van der Waals surface area contributed by atoms with Crippen molar-refractivity contribution < 1.29 is 0 Å². The number of nitrogens with zero attached hydrogens (tertiary/aromatic N) is 2. The van der Waals surface area contributed by atoms with Crippen LogP contribution in [0.2, 0.25) is 0 Å². The second-order valence-corrected chi connectivity index (χ2v) is 2.66. The molecule has 2 heterocycles. The van der Waals surface area contributed by atoms with Crippen molar-refractivity contribution in [3.63, 3.8) is 0 Å². The molecule has 0 unspecified atom stereocenters. The molecule has 0 atom stereocenters. The van der Waals surface area contributed by atoms with Crippen molar-refractivity contribution in [2.45, 2.75) is 6.42 Å². The Hall–Kier alpha value is -1.42. The van der Waals surface area contributed by atoms with Crippen LogP contribution in [0.5, 0.6) is 0 Å². The minimum Gasteiger partial charge on any atom is -0.343 e. The predicted octanol–water partition coefficient (Wildman–Crippen LogP) is 0.459. The molecule has 0 radical (unpaired) electrons. The molecule has 0 fully saturated rings. The fourth-order valence-corrected chi connectivity index (χ4v) is 1.18. The van der Waals surface area contributed by atoms with Crippen LogP contribution in [-0.2, 0) is 6.42 Å². The van der Waals surface area contributed by atoms with E-state index in [9.17, 15) is 0 Å². The van der Waals surface area contributed by atoms with Gasteiger partial charge in [-0.05, 0) is 24.6 Å². The van der Waals surface area contributed by atoms with Crippen LogP contribution in [0, 0.1) is 0 Å². The van der Waals surface area contributed by atoms with Crippen LogP contribution in [0.25, 0.3) is 11.2 Å². The standard InChI is InChI=1S/C8H10N4/c9-2-1-6-3-7-8(10-4-6)12-5-11-7/h3-5H,1-2,9H2,(H,10,11,12). The maximum absolute atomic E-state index is 5.43. The smallest absolute Gasteiger partial charge is 0.177 e. The Bertz CT molecular complexity index is 379. The van der Waals surface area contributed by atoms with E-state index in [1.807, 2.05) is 12.3 Å². The van der Waals surface area contributed by atoms with Gasteiger partial charge in [0.1, 0.15) is 0 Å². The van der Waals surface area contributed by atoms with E-state index >= 15 is 0 Å². The molecule has 4 nitrogen and oxygen atoms in total. The average Bonchev–Trinajstić information content (AvgIpc) is 2.51. The maximum Gasteiger partial charge on any atom is 0.177 e. The number of rotatable bonds is 2. The number of nitrogens with one attached hydrogen (secondary N) is 1. The zero-order valence-corrected chi connectivity index (χ0v) is 6.62. The Kier molecular flexibility index (Phi) is 1.75. The van der Waals surface area contributed by atoms with Gasteiger partial charge in [-0.2, -0.15) is 0 Å². The highest BCUT2D eigenvalue weighted by atomic mass is 14.9. The molecule has 62 valence electrons. The molecule has 0 aromatic carbocycles. The minimum absolute atomic E-state index is 0.654. The summed E-state index contributed by atoms with van der Waals surface area (Å²) < 4.78 is 0. The molecule has 0 bridgehead atoms. The molecular formula is C8H10N4. The van der Waals surface area contributed by atoms with Crippen molar-refractivity contribution in [3.05, 3.63) is 24.2 Å². The Morgan fingerprint density at radius 1 is 1.42 bits per heavy atom. The van der Waals surface area contributed by atoms with Gasteiger partial charge in [-0.3, -0.25) is 0 Å². The number of aromatic amines is 1. The zero-order valence-electron chi connectivity index (χ0n) is 6.62. The van der Waals surface area contributed by atoms with Gasteiger partial charge >= 0.3 is 0 Å². The molecule has 0 amide bonds. The van der Waals surface area contributed by atoms with Crippen LogP contribution in [0.3, 0.4) is 0 Å². The molecule has 0 aliphatic carbocycles. The van der Waals surface area contributed by atoms with E-state index < -0.39 is 0 Å². The van der Waals surface area contributed by atoms with Crippen LogP contribution in [0.15, 0.2) is 18.6 Å². The Morgan fingerprint density at radius 3 is 3.17 bits per heavy atom. The fraction of sp³-hybridized carbons (Fsp3) is 0.250. The van der Waals surface area contributed by atoms with Gasteiger partial charge in [0.05, 0.1) is 11.8 Å². The lowest BCUT2D eigenvalue weighted by Crippen LogP contribution is -2.02. The van der Waals surface area contributed by atoms with E-state index in [4.69, 9.17) is 5.73 Å². The predicted molar refractivity (Wildman–Crippen MR) is 46.6 cm³/mol. The van der Waals surface area contributed by atoms with Crippen LogP contribution in [0.1, 0.15) is 5.56 Å². The molecule has 2 rings (SSSR count). The van der Waals surface area contributed by atoms with Crippen LogP contribution >= 0.6 is 0 Å². The van der Waals surface area contributed by atoms with Crippen molar-refractivity contribution in [1.82, 2.24) is 15.0 Å². The number of imidazole rings is 1. The Labute approximate surface area is 69.8 Å². The highest BCUT2D eigenvalue weighted by Gasteiger charge is 1.97. The average molecular weight is 162 g/mol. The van der Waals surface area contributed by atoms with Crippen molar-refractivity contribution in [2.24, 2.45) is 5.73 Å². The second-order valence-electron chi connectivity index (χ2n) is 2.66. The molecule has 0 spiro atoms. The van der Waals surface area contributed by atoms with E-state index in [0.717, 1.165) is 23.1 Å². The first-order valence-electron chi connectivity index (χ1n) is 3.88. The molecular weight excluding hydrogens is 152 g/mol. The lowest BCUT2D eigenvalue weighted by Gasteiger charge is -1.95. The quantitative estimate of drug-likeness (QED) is 0.674. The third kappa shape index (κ3) is 1.16. The molecule has 0 saturated carbocycles. The fourth-order valence-electron chi connectivity index (χ4n) is 1.18. The van der Waals surface area contributed by atoms with Gasteiger partial charge in [0.25, 0.3) is 0 Å². The zero-order chi connectivity index (χ0) is 8.39. The second kappa shape index (κ2) is 2.91. The molecule has 12 heavy (non-hydrogen) atoms. The van der Waals surface area contributed by atoms with Gasteiger partial charge in [-0.15, -0.1) is 0 Å². The summed E-state index contributed by atoms with van der Waals surface area (Å²) in [5.41, 5.74) is 8.31. The van der Waals surface area contributed by atoms with Gasteiger partial charge in [0.15, 0.2) is 5.65 Å². The summed E-state index contributed by atoms with van der Waals surface area (Å²) in [4.78, 5) is 11.2. The third-order valence-corrected chi connectivity index (χ3v) is 1.76. The number of pyridine rings is 1. The first-order valence-corrected chi connectivity index (χ1v) is 3.88. The molecule has 2 aromatic heterocycles. The molecule has 0 aliphatic rings. The SMILES string of the molecule is NCCc1cnc2nc[nH]c2c1. The maximum atomic E-state index is 5.43. The largest absolute Gasteiger partial charge is 0.343 e. The summed E-state index contributed by atoms with van der Waals surface area (Å²) in [6, 6.07) is 2.03. The van der Waals surface area contributed by atoms with Gasteiger partial charge in [0, 0.05) is 6.20 Å². The molecule has 0 saturated heterocycles. The molecule has 2 aromatic rings. The third-order valence-electron chi connectivity index (χ3n) is 1.76. The Balaban J connectivity index is 2.46. The van der Waals surface area contributed by atoms with Crippen LogP contribution in [0.4, 0.5) is 0 Å². The molecule has 4 heteroatoms. The van der Waals surface area contributed by atoms with Crippen molar-refractivity contribution in [1.29, 1.82) is 0 Å². The van der Waals surface area contributed by atoms with Crippen molar-refractivity contribution in [2.75, 3.05) is 6.54 Å². The monoisotopic (exact) mass is 162 g/mol. The lowest BCUT2D eigenvalue weighted by molar-refractivity contribution is 0.962. The van der Waals surface area contributed by atoms with Gasteiger partial charge in [0.2, 0.25) is 0 Å². The number of hydrogen-bond donors (Lipinski definition) is 2. The first kappa shape index (κ1) is 7.24. The van der Waals surface area contributed by atoms with E-state index in [0.29, 0.717) is 6.54 Å². The summed E-state index contributed by atoms with van der Waals surface area (Å²) in [6.07, 6.45) is 4.32. The van der Waals surface area contributed by atoms with E-state index in [-0.39, 0.29) is 0 Å². The lowest BCUT2D eigenvalue weighted by atomic mass is 10.2. The number of aromatic nitrogens is 3. The summed E-state index contributed by atoms with van der Waals surface area (Å²) in [5, 5.41) is 0. The van der Waals surface area contributed by atoms with Crippen molar-refractivity contribution in [3.8, 4) is 0 Å². The van der Waals surface area contributed by atoms with Crippen LogP contribution < -0.4 is 5.73 Å². The van der Waals surface area contributed by atoms with E-state index in [1.54, 1.807) is 6.33 Å². The van der Waals surface area contributed by atoms with Crippen LogP contribution in [-0.4, -0.2) is 21.5 Å². The van der Waals surface area contributed by atoms with Crippen molar-refractivity contribution >= 4 is 11.2 Å². The van der Waals surface area contributed by atoms with E-state index in [1.165, 1.54) is 0 Å². The topological polar surface area (TPSA) is 67.6 Å². The number of H-pyrrole nitrogens is 1. The number of hydrogen-bond acceptors (Lipinski definition) is 3. The number of fused-ring (bicyclic) bond motifs is 1. The minimum atomic E-state index is 0.654. The summed E-state index contributed by atoms with van der Waals surface area (Å²) in [5.74, 6) is 0. The summed E-state index contributed by atoms with van der Waals surface area (Å²) in [6.45, 7) is 0.654. The first-order chi connectivity index (χ1) is 5.90. The normalized spacial score (nSPS) is 10.8. The van der Waals surface area contributed by atoms with Gasteiger partial charge < -0.3 is 10.7 Å². The number of nitrogens with two attached hydrogens (primary N) is 1. The highest BCUT2D eigenvalue weighted by Crippen LogP contribution is 2.07. The van der Waals surface area contributed by atoms with Gasteiger partial charge in [-0.25, -0.2) is 9.97 Å². The summed E-state index contributed by atoms with van der Waals surface area (Å²) in [7, 11) is 0. The molecule has 3 N–H and O–H groups in total. The molecule has 0 aliphatic heterocycles. The van der Waals surface area contributed by atoms with E-state index in [2.05, 4.69) is 15.0 Å². The Morgan fingerprint density at radius 2 is 2.33 bits per heavy atom.